The second-order valence-corrected chi connectivity index (χ2v) is 7.77. The van der Waals surface area contributed by atoms with Crippen LogP contribution in [0.25, 0.3) is 16.6 Å². The maximum absolute atomic E-state index is 13.1. The first-order valence-electron chi connectivity index (χ1n) is 9.61. The number of nitrogens with zero attached hydrogens (tertiary/aromatic N) is 1. The smallest absolute Gasteiger partial charge is 0.236 e. The Morgan fingerprint density at radius 2 is 1.94 bits per heavy atom. The van der Waals surface area contributed by atoms with E-state index in [1.54, 1.807) is 24.4 Å². The maximum atomic E-state index is 13.1. The predicted molar refractivity (Wildman–Crippen MR) is 121 cm³/mol. The van der Waals surface area contributed by atoms with Crippen molar-refractivity contribution in [2.75, 3.05) is 10.0 Å². The van der Waals surface area contributed by atoms with Gasteiger partial charge in [-0.25, -0.2) is 0 Å². The van der Waals surface area contributed by atoms with Crippen molar-refractivity contribution in [3.63, 3.8) is 0 Å². The molecule has 2 atom stereocenters. The highest BCUT2D eigenvalue weighted by atomic mass is 32.2. The fourth-order valence-electron chi connectivity index (χ4n) is 4.06. The zero-order valence-electron chi connectivity index (χ0n) is 16.2. The summed E-state index contributed by atoms with van der Waals surface area (Å²) >= 11 is -2.48. The lowest BCUT2D eigenvalue weighted by molar-refractivity contribution is -0.116. The van der Waals surface area contributed by atoms with Gasteiger partial charge < -0.3 is 19.9 Å². The Morgan fingerprint density at radius 3 is 2.81 bits per heavy atom. The van der Waals surface area contributed by atoms with Crippen molar-refractivity contribution < 1.29 is 13.6 Å². The summed E-state index contributed by atoms with van der Waals surface area (Å²) in [5.41, 5.74) is 5.03. The van der Waals surface area contributed by atoms with E-state index in [4.69, 9.17) is 0 Å². The standard InChI is InChI=1S/C23H18N4O3S/c28-23-20(14-10-11-19(27-31(29)30)22-15(14)8-5-13-25-22)17-7-4-6-16(21(17)26-23)18-9-2-1-3-12-24-18/h1-13,20,24,27H,(H,26,28)(H,29,30)/p-1. The first-order chi connectivity index (χ1) is 15.1. The molecule has 0 spiro atoms. The number of nitrogens with one attached hydrogen (secondary N) is 3. The van der Waals surface area contributed by atoms with Gasteiger partial charge in [-0.2, -0.15) is 0 Å². The molecule has 2 aliphatic rings. The minimum absolute atomic E-state index is 0.138. The summed E-state index contributed by atoms with van der Waals surface area (Å²) in [6.45, 7) is 0. The topological polar surface area (TPSA) is 106 Å². The quantitative estimate of drug-likeness (QED) is 0.550. The Bertz CT molecular complexity index is 1330. The average Bonchev–Trinajstić information content (AvgIpc) is 2.92. The molecule has 3 aromatic rings. The van der Waals surface area contributed by atoms with Crippen LogP contribution in [-0.4, -0.2) is 19.7 Å². The van der Waals surface area contributed by atoms with E-state index in [1.807, 2.05) is 54.8 Å². The van der Waals surface area contributed by atoms with Gasteiger partial charge in [-0.15, -0.1) is 0 Å². The maximum Gasteiger partial charge on any atom is 0.236 e. The minimum atomic E-state index is -2.48. The number of anilines is 2. The SMILES string of the molecule is O=C1Nc2c(C3=CC=CC=CN3)cccc2C1c1ccc(NS(=O)[O-])c2ncccc12. The van der Waals surface area contributed by atoms with Crippen molar-refractivity contribution in [3.8, 4) is 0 Å². The van der Waals surface area contributed by atoms with E-state index in [0.29, 0.717) is 16.6 Å². The Morgan fingerprint density at radius 1 is 1.03 bits per heavy atom. The molecule has 0 radical (unpaired) electrons. The molecule has 2 unspecified atom stereocenters. The molecule has 5 rings (SSSR count). The first kappa shape index (κ1) is 19.2. The van der Waals surface area contributed by atoms with Gasteiger partial charge in [-0.3, -0.25) is 14.0 Å². The fraction of sp³-hybridized carbons (Fsp3) is 0.0435. The third-order valence-corrected chi connectivity index (χ3v) is 5.72. The lowest BCUT2D eigenvalue weighted by atomic mass is 9.88. The largest absolute Gasteiger partial charge is 0.755 e. The van der Waals surface area contributed by atoms with E-state index in [1.165, 1.54) is 0 Å². The van der Waals surface area contributed by atoms with Crippen molar-refractivity contribution >= 4 is 45.1 Å². The summed E-state index contributed by atoms with van der Waals surface area (Å²) in [6.07, 6.45) is 11.2. The second kappa shape index (κ2) is 7.82. The normalized spacial score (nSPS) is 18.0. The van der Waals surface area contributed by atoms with Gasteiger partial charge in [-0.05, 0) is 35.4 Å². The number of hydrogen-bond acceptors (Lipinski definition) is 5. The summed E-state index contributed by atoms with van der Waals surface area (Å²) in [5, 5.41) is 7.00. The van der Waals surface area contributed by atoms with Crippen molar-refractivity contribution in [3.05, 3.63) is 95.9 Å². The number of fused-ring (bicyclic) bond motifs is 2. The number of benzene rings is 2. The monoisotopic (exact) mass is 429 g/mol. The Balaban J connectivity index is 1.65. The highest BCUT2D eigenvalue weighted by Crippen LogP contribution is 2.43. The van der Waals surface area contributed by atoms with Crippen LogP contribution in [0.2, 0.25) is 0 Å². The molecule has 0 fully saturated rings. The summed E-state index contributed by atoms with van der Waals surface area (Å²) in [6, 6.07) is 12.9. The van der Waals surface area contributed by atoms with Gasteiger partial charge in [0, 0.05) is 40.3 Å². The van der Waals surface area contributed by atoms with Crippen LogP contribution in [0.1, 0.15) is 22.6 Å². The summed E-state index contributed by atoms with van der Waals surface area (Å²) < 4.78 is 24.7. The number of para-hydroxylation sites is 1. The van der Waals surface area contributed by atoms with E-state index >= 15 is 0 Å². The van der Waals surface area contributed by atoms with Gasteiger partial charge in [0.05, 0.1) is 22.8 Å². The summed E-state index contributed by atoms with van der Waals surface area (Å²) in [4.78, 5) is 17.5. The van der Waals surface area contributed by atoms with Crippen LogP contribution in [0, 0.1) is 0 Å². The van der Waals surface area contributed by atoms with Crippen molar-refractivity contribution in [1.82, 2.24) is 10.3 Å². The zero-order valence-corrected chi connectivity index (χ0v) is 17.0. The predicted octanol–water partition coefficient (Wildman–Crippen LogP) is 3.54. The van der Waals surface area contributed by atoms with Gasteiger partial charge in [0.1, 0.15) is 0 Å². The van der Waals surface area contributed by atoms with Crippen molar-refractivity contribution in [1.29, 1.82) is 0 Å². The van der Waals surface area contributed by atoms with E-state index in [-0.39, 0.29) is 5.91 Å². The number of rotatable bonds is 4. The Kier molecular flexibility index (Phi) is 4.85. The molecule has 2 aromatic carbocycles. The highest BCUT2D eigenvalue weighted by Gasteiger charge is 2.35. The number of hydrogen-bond donors (Lipinski definition) is 3. The van der Waals surface area contributed by atoms with Crippen LogP contribution in [0.4, 0.5) is 11.4 Å². The third-order valence-electron chi connectivity index (χ3n) is 5.34. The fourth-order valence-corrected chi connectivity index (χ4v) is 4.41. The molecular formula is C23H17N4O3S-. The lowest BCUT2D eigenvalue weighted by Crippen LogP contribution is -2.14. The van der Waals surface area contributed by atoms with E-state index in [0.717, 1.165) is 28.1 Å². The Labute approximate surface area is 181 Å². The molecule has 3 heterocycles. The number of amides is 1. The summed E-state index contributed by atoms with van der Waals surface area (Å²) in [7, 11) is 0. The van der Waals surface area contributed by atoms with Gasteiger partial charge in [0.25, 0.3) is 0 Å². The molecule has 0 bridgehead atoms. The molecule has 3 N–H and O–H groups in total. The van der Waals surface area contributed by atoms with Crippen LogP contribution >= 0.6 is 0 Å². The van der Waals surface area contributed by atoms with Crippen molar-refractivity contribution in [2.45, 2.75) is 5.92 Å². The molecule has 7 nitrogen and oxygen atoms in total. The zero-order chi connectivity index (χ0) is 21.4. The molecule has 2 aliphatic heterocycles. The molecule has 154 valence electrons. The molecule has 0 aliphatic carbocycles. The van der Waals surface area contributed by atoms with E-state index in [2.05, 4.69) is 20.3 Å². The second-order valence-electron chi connectivity index (χ2n) is 7.10. The molecule has 31 heavy (non-hydrogen) atoms. The number of carbonyl (C=O) groups excluding carboxylic acids is 1. The van der Waals surface area contributed by atoms with Crippen molar-refractivity contribution in [2.24, 2.45) is 0 Å². The number of carbonyl (C=O) groups is 1. The number of allylic oxidation sites excluding steroid dienone is 4. The number of pyridine rings is 1. The van der Waals surface area contributed by atoms with Crippen LogP contribution in [0.3, 0.4) is 0 Å². The van der Waals surface area contributed by atoms with Gasteiger partial charge in [0.2, 0.25) is 5.91 Å². The Hall–Kier alpha value is -3.75. The summed E-state index contributed by atoms with van der Waals surface area (Å²) in [5.74, 6) is -0.674. The van der Waals surface area contributed by atoms with Gasteiger partial charge in [-0.1, -0.05) is 42.5 Å². The molecule has 8 heteroatoms. The van der Waals surface area contributed by atoms with Crippen LogP contribution < -0.4 is 15.4 Å². The molecule has 1 amide bonds. The molecule has 0 saturated carbocycles. The average molecular weight is 429 g/mol. The van der Waals surface area contributed by atoms with Crippen LogP contribution in [0.5, 0.6) is 0 Å². The third kappa shape index (κ3) is 3.41. The van der Waals surface area contributed by atoms with E-state index < -0.39 is 17.2 Å². The lowest BCUT2D eigenvalue weighted by Gasteiger charge is -2.17. The molecule has 1 aromatic heterocycles. The minimum Gasteiger partial charge on any atom is -0.755 e. The van der Waals surface area contributed by atoms with Gasteiger partial charge >= 0.3 is 0 Å². The van der Waals surface area contributed by atoms with Crippen LogP contribution in [0.15, 0.2) is 79.2 Å². The highest BCUT2D eigenvalue weighted by molar-refractivity contribution is 7.80. The number of aromatic nitrogens is 1. The van der Waals surface area contributed by atoms with E-state index in [9.17, 15) is 13.6 Å². The molecule has 0 saturated heterocycles. The van der Waals surface area contributed by atoms with Crippen LogP contribution in [-0.2, 0) is 16.1 Å². The first-order valence-corrected chi connectivity index (χ1v) is 10.7. The molecular weight excluding hydrogens is 412 g/mol. The van der Waals surface area contributed by atoms with Gasteiger partial charge in [0.15, 0.2) is 0 Å².